The highest BCUT2D eigenvalue weighted by atomic mass is 31.2. The van der Waals surface area contributed by atoms with Gasteiger partial charge < -0.3 is 4.89 Å². The fourth-order valence-electron chi connectivity index (χ4n) is 4.90. The lowest BCUT2D eigenvalue weighted by Crippen LogP contribution is -2.06. The van der Waals surface area contributed by atoms with Crippen molar-refractivity contribution in [3.63, 3.8) is 0 Å². The van der Waals surface area contributed by atoms with Crippen LogP contribution in [-0.2, 0) is 13.6 Å². The first-order valence-electron chi connectivity index (χ1n) is 11.5. The molecule has 5 heteroatoms. The molecule has 0 radical (unpaired) electrons. The van der Waals surface area contributed by atoms with Crippen LogP contribution in [0.3, 0.4) is 0 Å². The zero-order valence-electron chi connectivity index (χ0n) is 18.9. The highest BCUT2D eigenvalue weighted by molar-refractivity contribution is 7.47. The van der Waals surface area contributed by atoms with Crippen LogP contribution >= 0.6 is 7.82 Å². The van der Waals surface area contributed by atoms with Crippen LogP contribution in [0.15, 0.2) is 120 Å². The largest absolute Gasteiger partial charge is 0.472 e. The van der Waals surface area contributed by atoms with Gasteiger partial charge in [0.2, 0.25) is 0 Å². The Morgan fingerprint density at radius 3 is 2.17 bits per heavy atom. The third kappa shape index (κ3) is 4.12. The van der Waals surface area contributed by atoms with Gasteiger partial charge in [-0.05, 0) is 61.8 Å². The van der Waals surface area contributed by atoms with E-state index in [2.05, 4.69) is 60.7 Å². The fraction of sp³-hybridized carbons (Fsp3) is 0.0667. The zero-order valence-corrected chi connectivity index (χ0v) is 19.8. The smallest absolute Gasteiger partial charge is 0.302 e. The predicted molar refractivity (Wildman–Crippen MR) is 140 cm³/mol. The van der Waals surface area contributed by atoms with Gasteiger partial charge in [0.25, 0.3) is 0 Å². The summed E-state index contributed by atoms with van der Waals surface area (Å²) in [5.41, 5.74) is 10.1. The monoisotopic (exact) mass is 478 g/mol. The van der Waals surface area contributed by atoms with Crippen molar-refractivity contribution in [1.29, 1.82) is 0 Å². The lowest BCUT2D eigenvalue weighted by Gasteiger charge is -2.22. The molecule has 3 aliphatic rings. The van der Waals surface area contributed by atoms with Crippen molar-refractivity contribution in [3.05, 3.63) is 142 Å². The Labute approximate surface area is 204 Å². The van der Waals surface area contributed by atoms with E-state index in [-0.39, 0.29) is 13.2 Å². The van der Waals surface area contributed by atoms with Crippen LogP contribution in [0.25, 0.3) is 22.8 Å². The second-order valence-corrected chi connectivity index (χ2v) is 10.0. The van der Waals surface area contributed by atoms with E-state index in [9.17, 15) is 9.46 Å². The fourth-order valence-corrected chi connectivity index (χ4v) is 5.57. The predicted octanol–water partition coefficient (Wildman–Crippen LogP) is 7.09. The summed E-state index contributed by atoms with van der Waals surface area (Å²) in [6, 6.07) is 28.8. The Balaban J connectivity index is 1.74. The van der Waals surface area contributed by atoms with E-state index < -0.39 is 7.82 Å². The molecule has 3 aromatic rings. The van der Waals surface area contributed by atoms with Crippen molar-refractivity contribution in [1.82, 2.24) is 0 Å². The Hall–Kier alpha value is -3.53. The first kappa shape index (κ1) is 22.0. The molecular formula is C30H23O4P. The van der Waals surface area contributed by atoms with Crippen molar-refractivity contribution >= 4 is 30.6 Å². The van der Waals surface area contributed by atoms with E-state index in [1.165, 1.54) is 0 Å². The summed E-state index contributed by atoms with van der Waals surface area (Å²) in [6.07, 6.45) is 8.40. The van der Waals surface area contributed by atoms with Crippen molar-refractivity contribution in [3.8, 4) is 0 Å². The third-order valence-electron chi connectivity index (χ3n) is 6.49. The number of fused-ring (bicyclic) bond motifs is 4. The molecule has 0 saturated carbocycles. The molecular weight excluding hydrogens is 455 g/mol. The van der Waals surface area contributed by atoms with Crippen LogP contribution in [0.1, 0.15) is 22.3 Å². The lowest BCUT2D eigenvalue weighted by atomic mass is 9.81. The maximum atomic E-state index is 12.4. The van der Waals surface area contributed by atoms with E-state index in [0.29, 0.717) is 0 Å². The van der Waals surface area contributed by atoms with E-state index >= 15 is 0 Å². The van der Waals surface area contributed by atoms with Crippen molar-refractivity contribution in [2.45, 2.75) is 0 Å². The van der Waals surface area contributed by atoms with Gasteiger partial charge >= 0.3 is 7.82 Å². The summed E-state index contributed by atoms with van der Waals surface area (Å²) in [7, 11) is -4.15. The maximum absolute atomic E-state index is 12.4. The van der Waals surface area contributed by atoms with Crippen molar-refractivity contribution in [2.24, 2.45) is 0 Å². The van der Waals surface area contributed by atoms with Gasteiger partial charge in [0.15, 0.2) is 0 Å². The minimum atomic E-state index is -4.15. The van der Waals surface area contributed by atoms with Gasteiger partial charge in [0.1, 0.15) is 0 Å². The molecule has 0 amide bonds. The lowest BCUT2D eigenvalue weighted by molar-refractivity contribution is 0.182. The molecule has 1 fully saturated rings. The summed E-state index contributed by atoms with van der Waals surface area (Å²) in [5.74, 6) is 0. The van der Waals surface area contributed by atoms with Gasteiger partial charge in [-0.1, -0.05) is 103 Å². The van der Waals surface area contributed by atoms with Gasteiger partial charge in [-0.2, -0.15) is 0 Å². The summed E-state index contributed by atoms with van der Waals surface area (Å²) in [6.45, 7) is -0.0386. The molecule has 35 heavy (non-hydrogen) atoms. The van der Waals surface area contributed by atoms with Crippen LogP contribution < -0.4 is 0 Å². The molecule has 2 aliphatic carbocycles. The van der Waals surface area contributed by atoms with E-state index in [1.807, 2.05) is 48.5 Å². The minimum Gasteiger partial charge on any atom is -0.302 e. The zero-order chi connectivity index (χ0) is 23.8. The molecule has 0 bridgehead atoms. The molecule has 1 N–H and O–H groups in total. The minimum absolute atomic E-state index is 0.00953. The number of benzene rings is 3. The van der Waals surface area contributed by atoms with Gasteiger partial charge in [0, 0.05) is 0 Å². The normalized spacial score (nSPS) is 21.6. The Morgan fingerprint density at radius 1 is 0.743 bits per heavy atom. The Morgan fingerprint density at radius 2 is 1.40 bits per heavy atom. The summed E-state index contributed by atoms with van der Waals surface area (Å²) >= 11 is 0. The molecule has 3 aromatic carbocycles. The molecule has 1 saturated heterocycles. The maximum Gasteiger partial charge on any atom is 0.472 e. The van der Waals surface area contributed by atoms with Crippen LogP contribution in [0.5, 0.6) is 0 Å². The number of phosphoric acid groups is 1. The third-order valence-corrected chi connectivity index (χ3v) is 7.40. The molecule has 4 nitrogen and oxygen atoms in total. The molecule has 6 rings (SSSR count). The first-order valence-corrected chi connectivity index (χ1v) is 13.0. The quantitative estimate of drug-likeness (QED) is 0.400. The molecule has 172 valence electrons. The number of hydrogen-bond acceptors (Lipinski definition) is 3. The number of allylic oxidation sites excluding steroid dienone is 7. The topological polar surface area (TPSA) is 55.8 Å². The highest BCUT2D eigenvalue weighted by Gasteiger charge is 2.34. The Kier molecular flexibility index (Phi) is 5.60. The average molecular weight is 478 g/mol. The van der Waals surface area contributed by atoms with Crippen LogP contribution in [0.2, 0.25) is 0 Å². The van der Waals surface area contributed by atoms with Gasteiger partial charge in [-0.25, -0.2) is 4.57 Å². The molecule has 0 aromatic heterocycles. The standard InChI is InChI=1S/C30H23O4P/c31-35(32)33-19-24-18-23-14-7-8-15-27(23)29-25(21-10-3-1-4-11-21)16-9-17-26(22-12-5-2-6-13-22)30(29)28(24)20-34-35/h1-18H,19-20H2,(H,31,32). The molecule has 1 unspecified atom stereocenters. The van der Waals surface area contributed by atoms with Crippen LogP contribution in [0.4, 0.5) is 0 Å². The van der Waals surface area contributed by atoms with E-state index in [4.69, 9.17) is 9.05 Å². The van der Waals surface area contributed by atoms with Crippen LogP contribution in [-0.4, -0.2) is 18.1 Å². The average Bonchev–Trinajstić information content (AvgIpc) is 3.23. The SMILES string of the molecule is O=P1(O)OCC2=Cc3ccccc3C3=C(c4ccccc4)C=CC=C(c4ccccc4)C3=C2CO1. The molecule has 0 spiro atoms. The van der Waals surface area contributed by atoms with Gasteiger partial charge in [-0.3, -0.25) is 9.05 Å². The molecule has 1 aliphatic heterocycles. The van der Waals surface area contributed by atoms with Gasteiger partial charge in [-0.15, -0.1) is 0 Å². The number of rotatable bonds is 2. The molecule has 1 heterocycles. The van der Waals surface area contributed by atoms with Crippen LogP contribution in [0, 0.1) is 0 Å². The van der Waals surface area contributed by atoms with Crippen molar-refractivity contribution in [2.75, 3.05) is 13.2 Å². The molecule has 1 atom stereocenters. The van der Waals surface area contributed by atoms with Crippen molar-refractivity contribution < 1.29 is 18.5 Å². The summed E-state index contributed by atoms with van der Waals surface area (Å²) in [4.78, 5) is 10.2. The second-order valence-electron chi connectivity index (χ2n) is 8.59. The van der Waals surface area contributed by atoms with E-state index in [1.54, 1.807) is 0 Å². The van der Waals surface area contributed by atoms with Gasteiger partial charge in [0.05, 0.1) is 13.2 Å². The Bertz CT molecular complexity index is 1510. The summed E-state index contributed by atoms with van der Waals surface area (Å²) in [5, 5.41) is 0. The number of phosphoric ester groups is 1. The summed E-state index contributed by atoms with van der Waals surface area (Å²) < 4.78 is 23.2. The second kappa shape index (κ2) is 8.92. The highest BCUT2D eigenvalue weighted by Crippen LogP contribution is 2.52. The van der Waals surface area contributed by atoms with E-state index in [0.717, 1.165) is 55.7 Å². The first-order chi connectivity index (χ1) is 17.1. The number of hydrogen-bond donors (Lipinski definition) is 1.